The van der Waals surface area contributed by atoms with Crippen LogP contribution in [0.15, 0.2) is 65.6 Å². The second-order valence-corrected chi connectivity index (χ2v) is 11.6. The number of nitrogens with one attached hydrogen (secondary N) is 1. The van der Waals surface area contributed by atoms with Gasteiger partial charge < -0.3 is 4.90 Å². The van der Waals surface area contributed by atoms with Gasteiger partial charge in [0.05, 0.1) is 17.1 Å². The molecule has 1 aromatic heterocycles. The Bertz CT molecular complexity index is 1300. The van der Waals surface area contributed by atoms with Gasteiger partial charge in [-0.3, -0.25) is 9.78 Å². The van der Waals surface area contributed by atoms with E-state index in [2.05, 4.69) is 34.8 Å². The number of hydrogen-bond acceptors (Lipinski definition) is 3. The summed E-state index contributed by atoms with van der Waals surface area (Å²) in [7, 11) is -1.39. The third-order valence-corrected chi connectivity index (χ3v) is 8.73. The van der Waals surface area contributed by atoms with Crippen molar-refractivity contribution in [2.75, 3.05) is 4.90 Å². The fourth-order valence-corrected chi connectivity index (χ4v) is 6.53. The van der Waals surface area contributed by atoms with Crippen molar-refractivity contribution in [2.45, 2.75) is 77.3 Å². The number of anilines is 1. The lowest BCUT2D eigenvalue weighted by Gasteiger charge is -2.29. The summed E-state index contributed by atoms with van der Waals surface area (Å²) in [6, 6.07) is 19.4. The third-order valence-electron chi connectivity index (χ3n) is 7.31. The van der Waals surface area contributed by atoms with Crippen LogP contribution in [0.4, 0.5) is 5.69 Å². The van der Waals surface area contributed by atoms with E-state index in [-0.39, 0.29) is 17.9 Å². The molecule has 5 rings (SSSR count). The molecule has 0 spiro atoms. The lowest BCUT2D eigenvalue weighted by atomic mass is 9.87. The van der Waals surface area contributed by atoms with Crippen LogP contribution in [0.5, 0.6) is 0 Å². The Hall–Kier alpha value is -2.54. The molecule has 3 aromatic rings. The van der Waals surface area contributed by atoms with Crippen LogP contribution in [-0.2, 0) is 28.7 Å². The van der Waals surface area contributed by atoms with Crippen molar-refractivity contribution in [3.05, 3.63) is 88.2 Å². The molecular weight excluding hydrogens is 514 g/mol. The zero-order valence-electron chi connectivity index (χ0n) is 22.7. The van der Waals surface area contributed by atoms with Crippen LogP contribution in [0.3, 0.4) is 0 Å². The van der Waals surface area contributed by atoms with E-state index in [1.807, 2.05) is 56.0 Å². The van der Waals surface area contributed by atoms with Gasteiger partial charge in [-0.05, 0) is 92.1 Å². The number of hydrogen-bond donors (Lipinski definition) is 1. The molecule has 0 saturated heterocycles. The Labute approximate surface area is 234 Å². The molecule has 5 nitrogen and oxygen atoms in total. The zero-order valence-corrected chi connectivity index (χ0v) is 24.3. The van der Waals surface area contributed by atoms with Gasteiger partial charge in [-0.15, -0.1) is 0 Å². The van der Waals surface area contributed by atoms with Gasteiger partial charge in [-0.1, -0.05) is 57.0 Å². The Morgan fingerprint density at radius 2 is 1.92 bits per heavy atom. The molecule has 1 heterocycles. The highest BCUT2D eigenvalue weighted by Crippen LogP contribution is 2.44. The molecule has 2 aliphatic rings. The van der Waals surface area contributed by atoms with E-state index in [1.54, 1.807) is 12.1 Å². The molecule has 7 heteroatoms. The van der Waals surface area contributed by atoms with Crippen molar-refractivity contribution in [2.24, 2.45) is 11.8 Å². The van der Waals surface area contributed by atoms with Gasteiger partial charge >= 0.3 is 0 Å². The summed E-state index contributed by atoms with van der Waals surface area (Å²) in [5, 5.41) is 0.568. The first-order valence-electron chi connectivity index (χ1n) is 13.7. The molecular formula is C31H38ClN3O2S. The third kappa shape index (κ3) is 6.71. The lowest BCUT2D eigenvalue weighted by molar-refractivity contribution is -0.120. The van der Waals surface area contributed by atoms with Gasteiger partial charge in [-0.25, -0.2) is 8.93 Å². The molecule has 4 atom stereocenters. The minimum absolute atomic E-state index is 0.0631. The van der Waals surface area contributed by atoms with Crippen LogP contribution in [0, 0.1) is 18.8 Å². The molecule has 1 amide bonds. The molecule has 202 valence electrons. The second-order valence-electron chi connectivity index (χ2n) is 9.88. The first-order valence-corrected chi connectivity index (χ1v) is 15.3. The Morgan fingerprint density at radius 1 is 1.13 bits per heavy atom. The largest absolute Gasteiger partial charge is 0.306 e. The van der Waals surface area contributed by atoms with Gasteiger partial charge in [0.15, 0.2) is 0 Å². The number of halogens is 1. The number of amides is 1. The molecule has 2 aromatic carbocycles. The maximum atomic E-state index is 13.6. The highest BCUT2D eigenvalue weighted by molar-refractivity contribution is 7.83. The average Bonchev–Trinajstić information content (AvgIpc) is 3.73. The molecule has 2 unspecified atom stereocenters. The molecule has 2 aliphatic carbocycles. The Balaban J connectivity index is 0.00000164. The van der Waals surface area contributed by atoms with Crippen molar-refractivity contribution < 1.29 is 9.00 Å². The van der Waals surface area contributed by atoms with Crippen LogP contribution < -0.4 is 9.62 Å². The summed E-state index contributed by atoms with van der Waals surface area (Å²) < 4.78 is 16.4. The second kappa shape index (κ2) is 13.0. The summed E-state index contributed by atoms with van der Waals surface area (Å²) >= 11 is 6.12. The van der Waals surface area contributed by atoms with Gasteiger partial charge in [0.2, 0.25) is 5.91 Å². The van der Waals surface area contributed by atoms with Gasteiger partial charge in [0.1, 0.15) is 11.0 Å². The van der Waals surface area contributed by atoms with E-state index < -0.39 is 11.0 Å². The van der Waals surface area contributed by atoms with Gasteiger partial charge in [0, 0.05) is 28.4 Å². The van der Waals surface area contributed by atoms with Crippen LogP contribution in [0.25, 0.3) is 0 Å². The first-order chi connectivity index (χ1) is 18.4. The number of carbonyl (C=O) groups excluding carboxylic acids is 1. The number of rotatable bonds is 8. The first kappa shape index (κ1) is 28.5. The normalized spacial score (nSPS) is 20.5. The van der Waals surface area contributed by atoms with Crippen molar-refractivity contribution >= 4 is 34.2 Å². The summed E-state index contributed by atoms with van der Waals surface area (Å²) in [5.74, 6) is 0.727. The van der Waals surface area contributed by atoms with Gasteiger partial charge in [0.25, 0.3) is 0 Å². The van der Waals surface area contributed by atoms with Crippen molar-refractivity contribution in [3.8, 4) is 0 Å². The van der Waals surface area contributed by atoms with E-state index in [1.165, 1.54) is 5.56 Å². The topological polar surface area (TPSA) is 62.3 Å². The number of fused-ring (bicyclic) bond motifs is 1. The minimum atomic E-state index is -1.39. The minimum Gasteiger partial charge on any atom is -0.306 e. The molecule has 1 N–H and O–H groups in total. The average molecular weight is 552 g/mol. The summed E-state index contributed by atoms with van der Waals surface area (Å²) in [6.45, 7) is 8.57. The monoisotopic (exact) mass is 551 g/mol. The Morgan fingerprint density at radius 3 is 2.63 bits per heavy atom. The molecule has 0 aliphatic heterocycles. The van der Waals surface area contributed by atoms with E-state index in [0.717, 1.165) is 54.7 Å². The number of aromatic nitrogens is 1. The maximum Gasteiger partial charge on any atom is 0.230 e. The zero-order chi connectivity index (χ0) is 27.2. The van der Waals surface area contributed by atoms with Crippen LogP contribution in [0.1, 0.15) is 75.0 Å². The summed E-state index contributed by atoms with van der Waals surface area (Å²) in [4.78, 5) is 20.9. The maximum absolute atomic E-state index is 13.6. The predicted molar refractivity (Wildman–Crippen MR) is 157 cm³/mol. The number of aryl methyl sites for hydroxylation is 2. The fourth-order valence-electron chi connectivity index (χ4n) is 5.20. The highest BCUT2D eigenvalue weighted by atomic mass is 35.5. The van der Waals surface area contributed by atoms with Gasteiger partial charge in [-0.2, -0.15) is 0 Å². The summed E-state index contributed by atoms with van der Waals surface area (Å²) in [6.07, 6.45) is 4.87. The molecule has 38 heavy (non-hydrogen) atoms. The number of carbonyl (C=O) groups is 1. The number of nitrogens with zero attached hydrogens (tertiary/aromatic N) is 2. The molecule has 0 bridgehead atoms. The van der Waals surface area contributed by atoms with Crippen molar-refractivity contribution in [1.29, 1.82) is 0 Å². The molecule has 1 saturated carbocycles. The smallest absolute Gasteiger partial charge is 0.230 e. The highest BCUT2D eigenvalue weighted by Gasteiger charge is 2.44. The molecule has 1 fully saturated rings. The fraction of sp³-hybridized carbons (Fsp3) is 0.419. The van der Waals surface area contributed by atoms with Crippen molar-refractivity contribution in [1.82, 2.24) is 9.71 Å². The van der Waals surface area contributed by atoms with Crippen LogP contribution in [-0.4, -0.2) is 15.1 Å². The van der Waals surface area contributed by atoms with Crippen LogP contribution >= 0.6 is 11.6 Å². The number of pyridine rings is 1. The predicted octanol–water partition coefficient (Wildman–Crippen LogP) is 7.34. The summed E-state index contributed by atoms with van der Waals surface area (Å²) in [5.41, 5.74) is 5.06. The Kier molecular flexibility index (Phi) is 9.74. The SMILES string of the molecule is CC.CC[C@H]1C[C@@H]1C(=O)N(Cc1cccc(C)n1)c1ccc2c(c1)C(NS(=O)c1cccc(Cl)c1)CCC2. The van der Waals surface area contributed by atoms with Crippen molar-refractivity contribution in [3.63, 3.8) is 0 Å². The molecule has 0 radical (unpaired) electrons. The van der Waals surface area contributed by atoms with E-state index in [0.29, 0.717) is 22.4 Å². The number of benzene rings is 2. The lowest BCUT2D eigenvalue weighted by Crippen LogP contribution is -2.33. The van der Waals surface area contributed by atoms with Crippen LogP contribution in [0.2, 0.25) is 5.02 Å². The standard InChI is InChI=1S/C29H32ClN3O2S.C2H6/c1-3-20-15-27(20)29(34)33(18-23-10-4-7-19(2)31-23)24-14-13-21-8-5-12-28(26(21)17-24)32-36(35)25-11-6-9-22(30)16-25;1-2/h4,6-7,9-11,13-14,16-17,20,27-28,32H,3,5,8,12,15,18H2,1-2H3;1-2H3/t20-,27-,28?,36?;/m0./s1. The quantitative estimate of drug-likeness (QED) is 0.318. The van der Waals surface area contributed by atoms with E-state index >= 15 is 0 Å². The van der Waals surface area contributed by atoms with E-state index in [4.69, 9.17) is 11.6 Å². The van der Waals surface area contributed by atoms with E-state index in [9.17, 15) is 9.00 Å².